The molecular weight excluding hydrogens is 503 g/mol. The quantitative estimate of drug-likeness (QED) is 0.345. The highest BCUT2D eigenvalue weighted by Gasteiger charge is 2.32. The minimum Gasteiger partial charge on any atom is -0.449 e. The summed E-state index contributed by atoms with van der Waals surface area (Å²) in [6.45, 7) is 0.637. The van der Waals surface area contributed by atoms with E-state index in [-0.39, 0.29) is 35.2 Å². The van der Waals surface area contributed by atoms with Gasteiger partial charge in [0.05, 0.1) is 28.2 Å². The van der Waals surface area contributed by atoms with Gasteiger partial charge in [-0.15, -0.1) is 0 Å². The summed E-state index contributed by atoms with van der Waals surface area (Å²) < 4.78 is 37.0. The third-order valence-corrected chi connectivity index (χ3v) is 6.72. The fraction of sp³-hybridized carbons (Fsp3) is 0.292. The van der Waals surface area contributed by atoms with Crippen molar-refractivity contribution in [1.29, 1.82) is 0 Å². The predicted molar refractivity (Wildman–Crippen MR) is 130 cm³/mol. The zero-order chi connectivity index (χ0) is 24.9. The Morgan fingerprint density at radius 1 is 1.20 bits per heavy atom. The standard InChI is InChI=1S/C24H19Cl2F2N3O4/c25-13-2-1-12(17(26)7-13)9-29-14-5-6-30(10-14)22-18(27)8-16-21(20(22)28)31(15-3-4-15)11-19(23(16)32)35-24(33)34/h1-2,7-9,11,14-15H,3-6,10H2,(H,33,34). The van der Waals surface area contributed by atoms with Gasteiger partial charge < -0.3 is 19.3 Å². The summed E-state index contributed by atoms with van der Waals surface area (Å²) in [5, 5.41) is 9.62. The third-order valence-electron chi connectivity index (χ3n) is 6.16. The van der Waals surface area contributed by atoms with E-state index in [2.05, 4.69) is 9.73 Å². The zero-order valence-corrected chi connectivity index (χ0v) is 19.7. The number of fused-ring (bicyclic) bond motifs is 1. The maximum atomic E-state index is 15.8. The number of ether oxygens (including phenoxy) is 1. The minimum atomic E-state index is -1.68. The van der Waals surface area contributed by atoms with Crippen molar-refractivity contribution in [2.75, 3.05) is 18.0 Å². The molecule has 0 bridgehead atoms. The minimum absolute atomic E-state index is 0.0634. The summed E-state index contributed by atoms with van der Waals surface area (Å²) in [5.41, 5.74) is -0.496. The molecular formula is C24H19Cl2F2N3O4. The van der Waals surface area contributed by atoms with Crippen molar-refractivity contribution in [3.8, 4) is 5.75 Å². The summed E-state index contributed by atoms with van der Waals surface area (Å²) in [7, 11) is 0. The van der Waals surface area contributed by atoms with Crippen LogP contribution in [0, 0.1) is 11.6 Å². The molecule has 2 fully saturated rings. The zero-order valence-electron chi connectivity index (χ0n) is 18.2. The van der Waals surface area contributed by atoms with E-state index in [1.807, 2.05) is 0 Å². The molecule has 182 valence electrons. The van der Waals surface area contributed by atoms with E-state index < -0.39 is 29.0 Å². The Labute approximate surface area is 208 Å². The van der Waals surface area contributed by atoms with Gasteiger partial charge in [0, 0.05) is 35.9 Å². The highest BCUT2D eigenvalue weighted by atomic mass is 35.5. The molecule has 1 saturated heterocycles. The molecule has 2 heterocycles. The molecule has 1 aliphatic heterocycles. The van der Waals surface area contributed by atoms with Crippen LogP contribution in [0.2, 0.25) is 10.0 Å². The van der Waals surface area contributed by atoms with Gasteiger partial charge in [0.25, 0.3) is 0 Å². The van der Waals surface area contributed by atoms with E-state index in [1.54, 1.807) is 29.3 Å². The molecule has 1 saturated carbocycles. The summed E-state index contributed by atoms with van der Waals surface area (Å²) in [6, 6.07) is 5.66. The number of benzene rings is 2. The molecule has 2 aliphatic rings. The van der Waals surface area contributed by atoms with Gasteiger partial charge in [-0.05, 0) is 37.5 Å². The average molecular weight is 522 g/mol. The molecule has 7 nitrogen and oxygen atoms in total. The lowest BCUT2D eigenvalue weighted by molar-refractivity contribution is 0.143. The molecule has 11 heteroatoms. The fourth-order valence-electron chi connectivity index (χ4n) is 4.36. The van der Waals surface area contributed by atoms with Crippen molar-refractivity contribution in [3.05, 3.63) is 67.9 Å². The van der Waals surface area contributed by atoms with E-state index in [1.165, 1.54) is 10.8 Å². The number of aliphatic imine (C=N–C) groups is 1. The smallest absolute Gasteiger partial charge is 0.449 e. The predicted octanol–water partition coefficient (Wildman–Crippen LogP) is 5.68. The van der Waals surface area contributed by atoms with Gasteiger partial charge in [-0.25, -0.2) is 13.6 Å². The second kappa shape index (κ2) is 9.13. The van der Waals surface area contributed by atoms with Crippen molar-refractivity contribution in [2.24, 2.45) is 4.99 Å². The van der Waals surface area contributed by atoms with Crippen LogP contribution in [0.3, 0.4) is 0 Å². The fourth-order valence-corrected chi connectivity index (χ4v) is 4.82. The number of nitrogens with zero attached hydrogens (tertiary/aromatic N) is 3. The maximum absolute atomic E-state index is 15.8. The van der Waals surface area contributed by atoms with E-state index in [0.29, 0.717) is 28.6 Å². The lowest BCUT2D eigenvalue weighted by Crippen LogP contribution is -2.24. The van der Waals surface area contributed by atoms with Gasteiger partial charge in [0.15, 0.2) is 11.6 Å². The molecule has 1 aromatic heterocycles. The molecule has 2 aromatic carbocycles. The monoisotopic (exact) mass is 521 g/mol. The van der Waals surface area contributed by atoms with E-state index >= 15 is 8.78 Å². The third kappa shape index (κ3) is 4.58. The molecule has 1 atom stereocenters. The van der Waals surface area contributed by atoms with Crippen LogP contribution in [-0.2, 0) is 0 Å². The average Bonchev–Trinajstić information content (AvgIpc) is 3.54. The van der Waals surface area contributed by atoms with Gasteiger partial charge in [0.1, 0.15) is 11.5 Å². The highest BCUT2D eigenvalue weighted by molar-refractivity contribution is 6.36. The van der Waals surface area contributed by atoms with Crippen LogP contribution in [0.4, 0.5) is 19.3 Å². The van der Waals surface area contributed by atoms with Crippen LogP contribution < -0.4 is 15.1 Å². The Bertz CT molecular complexity index is 1440. The molecule has 5 rings (SSSR count). The highest BCUT2D eigenvalue weighted by Crippen LogP contribution is 2.40. The van der Waals surface area contributed by atoms with Crippen molar-refractivity contribution < 1.29 is 23.4 Å². The van der Waals surface area contributed by atoms with Crippen LogP contribution in [0.25, 0.3) is 10.9 Å². The number of carboxylic acid groups (broad SMARTS) is 1. The Kier molecular flexibility index (Phi) is 6.14. The van der Waals surface area contributed by atoms with Gasteiger partial charge in [-0.3, -0.25) is 9.79 Å². The van der Waals surface area contributed by atoms with E-state index in [9.17, 15) is 9.59 Å². The molecule has 1 unspecified atom stereocenters. The second-order valence-corrected chi connectivity index (χ2v) is 9.42. The summed E-state index contributed by atoms with van der Waals surface area (Å²) in [5.74, 6) is -2.26. The Morgan fingerprint density at radius 2 is 1.97 bits per heavy atom. The van der Waals surface area contributed by atoms with Crippen LogP contribution in [0.1, 0.15) is 30.9 Å². The SMILES string of the molecule is O=C(O)Oc1cn(C2CC2)c2c(F)c(N3CCC(N=Cc4ccc(Cl)cc4Cl)C3)c(F)cc2c1=O. The number of pyridine rings is 1. The van der Waals surface area contributed by atoms with Crippen molar-refractivity contribution in [1.82, 2.24) is 4.57 Å². The Balaban J connectivity index is 1.49. The largest absolute Gasteiger partial charge is 0.511 e. The first kappa shape index (κ1) is 23.6. The molecule has 35 heavy (non-hydrogen) atoms. The van der Waals surface area contributed by atoms with Crippen molar-refractivity contribution >= 4 is 52.2 Å². The van der Waals surface area contributed by atoms with Crippen LogP contribution >= 0.6 is 23.2 Å². The summed E-state index contributed by atoms with van der Waals surface area (Å²) in [6.07, 6.45) is 3.15. The molecule has 0 radical (unpaired) electrons. The molecule has 1 aliphatic carbocycles. The summed E-state index contributed by atoms with van der Waals surface area (Å²) >= 11 is 12.1. The number of hydrogen-bond donors (Lipinski definition) is 1. The van der Waals surface area contributed by atoms with Crippen LogP contribution in [-0.4, -0.2) is 41.2 Å². The van der Waals surface area contributed by atoms with E-state index in [4.69, 9.17) is 28.3 Å². The number of halogens is 4. The normalized spacial score (nSPS) is 18.1. The van der Waals surface area contributed by atoms with Crippen molar-refractivity contribution in [3.63, 3.8) is 0 Å². The number of aromatic nitrogens is 1. The number of anilines is 1. The molecule has 0 amide bonds. The Morgan fingerprint density at radius 3 is 2.66 bits per heavy atom. The van der Waals surface area contributed by atoms with Gasteiger partial charge >= 0.3 is 6.16 Å². The maximum Gasteiger partial charge on any atom is 0.511 e. The number of carbonyl (C=O) groups is 1. The van der Waals surface area contributed by atoms with Crippen molar-refractivity contribution in [2.45, 2.75) is 31.3 Å². The van der Waals surface area contributed by atoms with E-state index in [0.717, 1.165) is 18.9 Å². The van der Waals surface area contributed by atoms with Crippen LogP contribution in [0.5, 0.6) is 5.75 Å². The lowest BCUT2D eigenvalue weighted by atomic mass is 10.1. The van der Waals surface area contributed by atoms with Gasteiger partial charge in [-0.2, -0.15) is 0 Å². The van der Waals surface area contributed by atoms with Gasteiger partial charge in [-0.1, -0.05) is 29.3 Å². The first-order valence-electron chi connectivity index (χ1n) is 10.9. The number of rotatable bonds is 5. The second-order valence-electron chi connectivity index (χ2n) is 8.58. The Hall–Kier alpha value is -3.17. The first-order valence-corrected chi connectivity index (χ1v) is 11.7. The number of hydrogen-bond acceptors (Lipinski definition) is 5. The molecule has 0 spiro atoms. The molecule has 3 aromatic rings. The molecule has 1 N–H and O–H groups in total. The van der Waals surface area contributed by atoms with Gasteiger partial charge in [0.2, 0.25) is 5.43 Å². The summed E-state index contributed by atoms with van der Waals surface area (Å²) in [4.78, 5) is 29.8. The van der Waals surface area contributed by atoms with Crippen LogP contribution in [0.15, 0.2) is 40.2 Å². The first-order chi connectivity index (χ1) is 16.7. The lowest BCUT2D eigenvalue weighted by Gasteiger charge is -2.22. The topological polar surface area (TPSA) is 84.1 Å².